The Hall–Kier alpha value is -2.62. The second-order valence-corrected chi connectivity index (χ2v) is 9.35. The van der Waals surface area contributed by atoms with E-state index in [9.17, 15) is 13.2 Å². The zero-order valence-corrected chi connectivity index (χ0v) is 19.3. The van der Waals surface area contributed by atoms with Gasteiger partial charge in [-0.3, -0.25) is 4.79 Å². The van der Waals surface area contributed by atoms with Gasteiger partial charge in [-0.05, 0) is 76.9 Å². The van der Waals surface area contributed by atoms with E-state index in [1.54, 1.807) is 30.3 Å². The Kier molecular flexibility index (Phi) is 7.89. The maximum Gasteiger partial charge on any atom is 0.255 e. The Bertz CT molecular complexity index is 1110. The van der Waals surface area contributed by atoms with E-state index >= 15 is 0 Å². The highest BCUT2D eigenvalue weighted by molar-refractivity contribution is 9.10. The molecule has 2 N–H and O–H groups in total. The molecule has 0 saturated heterocycles. The summed E-state index contributed by atoms with van der Waals surface area (Å²) >= 11 is 3.43. The summed E-state index contributed by atoms with van der Waals surface area (Å²) in [5.74, 6) is 0.884. The largest absolute Gasteiger partial charge is 0.492 e. The summed E-state index contributed by atoms with van der Waals surface area (Å²) in [6.45, 7) is 2.76. The maximum atomic E-state index is 12.5. The summed E-state index contributed by atoms with van der Waals surface area (Å²) in [6.07, 6.45) is 3.48. The number of hydrogen-bond donors (Lipinski definition) is 2. The van der Waals surface area contributed by atoms with Crippen LogP contribution in [0.3, 0.4) is 0 Å². The van der Waals surface area contributed by atoms with Crippen LogP contribution < -0.4 is 14.8 Å². The Morgan fingerprint density at radius 2 is 1.90 bits per heavy atom. The standard InChI is InChI=1S/C22H23BrN2O5S/c1-2-3-12-30-21-11-6-16(14-20(21)23)22(26)25-17-7-9-19(10-8-17)31(27,28)24-15-18-5-4-13-29-18/h4-11,13-14,24H,2-3,12,15H2,1H3,(H,25,26). The molecule has 0 aliphatic carbocycles. The number of carbonyl (C=O) groups excluding carboxylic acids is 1. The van der Waals surface area contributed by atoms with Crippen molar-refractivity contribution in [2.45, 2.75) is 31.2 Å². The summed E-state index contributed by atoms with van der Waals surface area (Å²) in [5, 5.41) is 2.76. The molecule has 3 aromatic rings. The highest BCUT2D eigenvalue weighted by Gasteiger charge is 2.15. The van der Waals surface area contributed by atoms with Crippen LogP contribution in [0.25, 0.3) is 0 Å². The van der Waals surface area contributed by atoms with Crippen LogP contribution in [0.4, 0.5) is 5.69 Å². The summed E-state index contributed by atoms with van der Waals surface area (Å²) in [6, 6.07) is 14.4. The quantitative estimate of drug-likeness (QED) is 0.379. The number of rotatable bonds is 10. The first-order valence-corrected chi connectivity index (χ1v) is 12.0. The number of hydrogen-bond acceptors (Lipinski definition) is 5. The average Bonchev–Trinajstić information content (AvgIpc) is 3.28. The normalized spacial score (nSPS) is 11.3. The fourth-order valence-corrected chi connectivity index (χ4v) is 4.16. The molecule has 0 atom stereocenters. The molecule has 1 heterocycles. The van der Waals surface area contributed by atoms with Crippen molar-refractivity contribution < 1.29 is 22.4 Å². The first kappa shape index (κ1) is 23.1. The van der Waals surface area contributed by atoms with E-state index in [1.165, 1.54) is 30.5 Å². The fraction of sp³-hybridized carbons (Fsp3) is 0.227. The van der Waals surface area contributed by atoms with Crippen molar-refractivity contribution in [3.63, 3.8) is 0 Å². The van der Waals surface area contributed by atoms with Crippen molar-refractivity contribution in [1.82, 2.24) is 4.72 Å². The first-order valence-electron chi connectivity index (χ1n) is 9.75. The van der Waals surface area contributed by atoms with Crippen molar-refractivity contribution in [2.24, 2.45) is 0 Å². The minimum atomic E-state index is -3.70. The number of halogens is 1. The van der Waals surface area contributed by atoms with Gasteiger partial charge in [-0.25, -0.2) is 13.1 Å². The number of carbonyl (C=O) groups is 1. The first-order chi connectivity index (χ1) is 14.9. The van der Waals surface area contributed by atoms with Gasteiger partial charge in [0, 0.05) is 11.3 Å². The van der Waals surface area contributed by atoms with Gasteiger partial charge in [-0.15, -0.1) is 0 Å². The average molecular weight is 507 g/mol. The molecule has 0 saturated carbocycles. The maximum absolute atomic E-state index is 12.5. The van der Waals surface area contributed by atoms with Gasteiger partial charge in [0.05, 0.1) is 28.8 Å². The Labute approximate surface area is 190 Å². The topological polar surface area (TPSA) is 97.6 Å². The van der Waals surface area contributed by atoms with Gasteiger partial charge in [0.15, 0.2) is 0 Å². The van der Waals surface area contributed by atoms with E-state index in [1.807, 2.05) is 0 Å². The van der Waals surface area contributed by atoms with Crippen LogP contribution in [0.5, 0.6) is 5.75 Å². The molecule has 0 radical (unpaired) electrons. The van der Waals surface area contributed by atoms with Crippen LogP contribution in [0.1, 0.15) is 35.9 Å². The van der Waals surface area contributed by atoms with E-state index in [-0.39, 0.29) is 17.3 Å². The minimum absolute atomic E-state index is 0.0564. The van der Waals surface area contributed by atoms with Gasteiger partial charge in [0.1, 0.15) is 11.5 Å². The number of amides is 1. The molecule has 1 amide bonds. The highest BCUT2D eigenvalue weighted by Crippen LogP contribution is 2.27. The van der Waals surface area contributed by atoms with Crippen LogP contribution in [-0.4, -0.2) is 20.9 Å². The molecule has 3 rings (SSSR count). The second-order valence-electron chi connectivity index (χ2n) is 6.73. The van der Waals surface area contributed by atoms with Crippen molar-refractivity contribution in [3.05, 3.63) is 76.7 Å². The monoisotopic (exact) mass is 506 g/mol. The molecule has 31 heavy (non-hydrogen) atoms. The van der Waals surface area contributed by atoms with Crippen molar-refractivity contribution in [2.75, 3.05) is 11.9 Å². The number of ether oxygens (including phenoxy) is 1. The number of anilines is 1. The lowest BCUT2D eigenvalue weighted by molar-refractivity contribution is 0.102. The van der Waals surface area contributed by atoms with E-state index in [0.29, 0.717) is 33.8 Å². The zero-order valence-electron chi connectivity index (χ0n) is 16.9. The third kappa shape index (κ3) is 6.43. The third-order valence-corrected chi connectivity index (χ3v) is 6.43. The van der Waals surface area contributed by atoms with Gasteiger partial charge in [-0.1, -0.05) is 13.3 Å². The predicted molar refractivity (Wildman–Crippen MR) is 122 cm³/mol. The zero-order chi connectivity index (χ0) is 22.3. The number of sulfonamides is 1. The molecular formula is C22H23BrN2O5S. The molecule has 0 bridgehead atoms. The number of nitrogens with one attached hydrogen (secondary N) is 2. The molecule has 164 valence electrons. The molecule has 7 nitrogen and oxygen atoms in total. The van der Waals surface area contributed by atoms with E-state index in [2.05, 4.69) is 32.9 Å². The molecular weight excluding hydrogens is 484 g/mol. The van der Waals surface area contributed by atoms with Gasteiger partial charge in [0.2, 0.25) is 10.0 Å². The highest BCUT2D eigenvalue weighted by atomic mass is 79.9. The third-order valence-electron chi connectivity index (χ3n) is 4.39. The molecule has 0 fully saturated rings. The molecule has 0 aliphatic rings. The number of furan rings is 1. The van der Waals surface area contributed by atoms with Gasteiger partial charge in [0.25, 0.3) is 5.91 Å². The van der Waals surface area contributed by atoms with Crippen LogP contribution in [0, 0.1) is 0 Å². The summed E-state index contributed by atoms with van der Waals surface area (Å²) in [7, 11) is -3.70. The molecule has 1 aromatic heterocycles. The Morgan fingerprint density at radius 3 is 2.55 bits per heavy atom. The van der Waals surface area contributed by atoms with E-state index in [0.717, 1.165) is 12.8 Å². The van der Waals surface area contributed by atoms with Crippen molar-refractivity contribution in [3.8, 4) is 5.75 Å². The van der Waals surface area contributed by atoms with E-state index in [4.69, 9.17) is 9.15 Å². The Morgan fingerprint density at radius 1 is 1.13 bits per heavy atom. The Balaban J connectivity index is 1.61. The van der Waals surface area contributed by atoms with Crippen LogP contribution in [-0.2, 0) is 16.6 Å². The molecule has 2 aromatic carbocycles. The summed E-state index contributed by atoms with van der Waals surface area (Å²) in [5.41, 5.74) is 0.931. The summed E-state index contributed by atoms with van der Waals surface area (Å²) < 4.78 is 38.7. The van der Waals surface area contributed by atoms with Crippen molar-refractivity contribution in [1.29, 1.82) is 0 Å². The van der Waals surface area contributed by atoms with Crippen LogP contribution >= 0.6 is 15.9 Å². The fourth-order valence-electron chi connectivity index (χ4n) is 2.67. The van der Waals surface area contributed by atoms with Gasteiger partial charge in [-0.2, -0.15) is 0 Å². The van der Waals surface area contributed by atoms with Gasteiger partial charge < -0.3 is 14.5 Å². The summed E-state index contributed by atoms with van der Waals surface area (Å²) in [4.78, 5) is 12.6. The van der Waals surface area contributed by atoms with Gasteiger partial charge >= 0.3 is 0 Å². The van der Waals surface area contributed by atoms with Crippen LogP contribution in [0.2, 0.25) is 0 Å². The second kappa shape index (κ2) is 10.6. The SMILES string of the molecule is CCCCOc1ccc(C(=O)Nc2ccc(S(=O)(=O)NCc3ccco3)cc2)cc1Br. The van der Waals surface area contributed by atoms with E-state index < -0.39 is 10.0 Å². The molecule has 9 heteroatoms. The lowest BCUT2D eigenvalue weighted by Gasteiger charge is -2.10. The molecule has 0 aliphatic heterocycles. The number of unbranched alkanes of at least 4 members (excludes halogenated alkanes) is 1. The molecule has 0 unspecified atom stereocenters. The van der Waals surface area contributed by atoms with Crippen LogP contribution in [0.15, 0.2) is 74.6 Å². The minimum Gasteiger partial charge on any atom is -0.492 e. The smallest absolute Gasteiger partial charge is 0.255 e. The lowest BCUT2D eigenvalue weighted by atomic mass is 10.2. The number of benzene rings is 2. The molecule has 0 spiro atoms. The van der Waals surface area contributed by atoms with Crippen molar-refractivity contribution >= 4 is 37.5 Å². The predicted octanol–water partition coefficient (Wildman–Crippen LogP) is 4.95. The lowest BCUT2D eigenvalue weighted by Crippen LogP contribution is -2.23.